The molecule has 0 atom stereocenters. The molecule has 1 amide bonds. The van der Waals surface area contributed by atoms with E-state index in [4.69, 9.17) is 0 Å². The maximum Gasteiger partial charge on any atom is 0.329 e. The number of aliphatic carboxylic acids is 1. The second-order valence-electron chi connectivity index (χ2n) is 4.59. The fraction of sp³-hybridized carbons (Fsp3) is 0.429. The summed E-state index contributed by atoms with van der Waals surface area (Å²) in [5.74, 6) is -1.09. The molecular weight excluding hydrogens is 230 g/mol. The normalized spacial score (nSPS) is 14.8. The number of hydrogen-bond acceptors (Lipinski definition) is 2. The van der Waals surface area contributed by atoms with Crippen molar-refractivity contribution in [1.82, 2.24) is 4.90 Å². The van der Waals surface area contributed by atoms with Crippen molar-refractivity contribution in [3.05, 3.63) is 35.4 Å². The first-order chi connectivity index (χ1) is 8.56. The molecule has 0 saturated carbocycles. The summed E-state index contributed by atoms with van der Waals surface area (Å²) >= 11 is 0. The average molecular weight is 247 g/mol. The van der Waals surface area contributed by atoms with Gasteiger partial charge in [0.2, 0.25) is 0 Å². The number of benzene rings is 1. The maximum atomic E-state index is 12.3. The number of nitrogens with zero attached hydrogens (tertiary/aromatic N) is 1. The number of fused-ring (bicyclic) bond motifs is 1. The molecule has 1 heterocycles. The van der Waals surface area contributed by atoms with Gasteiger partial charge < -0.3 is 10.0 Å². The minimum Gasteiger partial charge on any atom is -0.479 e. The van der Waals surface area contributed by atoms with E-state index < -0.39 is 11.5 Å². The number of carboxylic acids is 1. The zero-order valence-electron chi connectivity index (χ0n) is 10.6. The van der Waals surface area contributed by atoms with Crippen molar-refractivity contribution in [2.75, 3.05) is 0 Å². The lowest BCUT2D eigenvalue weighted by atomic mass is 9.91. The van der Waals surface area contributed by atoms with Crippen molar-refractivity contribution >= 4 is 11.9 Å². The maximum absolute atomic E-state index is 12.3. The van der Waals surface area contributed by atoms with Crippen LogP contribution in [0.3, 0.4) is 0 Å². The average Bonchev–Trinajstić information content (AvgIpc) is 2.70. The molecule has 0 bridgehead atoms. The molecule has 18 heavy (non-hydrogen) atoms. The van der Waals surface area contributed by atoms with E-state index in [0.29, 0.717) is 24.9 Å². The molecule has 2 rings (SSSR count). The highest BCUT2D eigenvalue weighted by molar-refractivity contribution is 6.01. The summed E-state index contributed by atoms with van der Waals surface area (Å²) in [5.41, 5.74) is 0.455. The summed E-state index contributed by atoms with van der Waals surface area (Å²) in [4.78, 5) is 25.4. The van der Waals surface area contributed by atoms with Crippen LogP contribution in [-0.2, 0) is 11.3 Å². The molecule has 0 radical (unpaired) electrons. The van der Waals surface area contributed by atoms with E-state index in [-0.39, 0.29) is 5.91 Å². The van der Waals surface area contributed by atoms with E-state index in [2.05, 4.69) is 0 Å². The molecule has 0 aliphatic carbocycles. The molecule has 0 fully saturated rings. The van der Waals surface area contributed by atoms with Crippen LogP contribution in [-0.4, -0.2) is 27.4 Å². The van der Waals surface area contributed by atoms with Crippen LogP contribution >= 0.6 is 0 Å². The lowest BCUT2D eigenvalue weighted by molar-refractivity contribution is -0.150. The Morgan fingerprint density at radius 1 is 1.33 bits per heavy atom. The first kappa shape index (κ1) is 12.6. The Hall–Kier alpha value is -1.84. The zero-order chi connectivity index (χ0) is 13.3. The predicted octanol–water partition coefficient (Wildman–Crippen LogP) is 2.29. The van der Waals surface area contributed by atoms with Gasteiger partial charge in [-0.05, 0) is 24.5 Å². The number of amides is 1. The van der Waals surface area contributed by atoms with Crippen LogP contribution in [0.5, 0.6) is 0 Å². The number of carboxylic acid groups (broad SMARTS) is 1. The molecule has 0 spiro atoms. The predicted molar refractivity (Wildman–Crippen MR) is 67.3 cm³/mol. The molecule has 1 aliphatic heterocycles. The first-order valence-electron chi connectivity index (χ1n) is 6.20. The molecule has 1 aromatic rings. The molecular formula is C14H17NO3. The van der Waals surface area contributed by atoms with E-state index >= 15 is 0 Å². The van der Waals surface area contributed by atoms with Gasteiger partial charge >= 0.3 is 5.97 Å². The summed E-state index contributed by atoms with van der Waals surface area (Å²) in [5, 5.41) is 9.49. The molecule has 0 unspecified atom stereocenters. The highest BCUT2D eigenvalue weighted by Gasteiger charge is 2.46. The Morgan fingerprint density at radius 2 is 1.94 bits per heavy atom. The second-order valence-corrected chi connectivity index (χ2v) is 4.59. The molecule has 1 aromatic carbocycles. The highest BCUT2D eigenvalue weighted by Crippen LogP contribution is 2.33. The molecule has 1 N–H and O–H groups in total. The number of hydrogen-bond donors (Lipinski definition) is 1. The van der Waals surface area contributed by atoms with Crippen molar-refractivity contribution in [3.63, 3.8) is 0 Å². The van der Waals surface area contributed by atoms with Crippen LogP contribution in [0.15, 0.2) is 24.3 Å². The third kappa shape index (κ3) is 1.60. The van der Waals surface area contributed by atoms with E-state index in [1.807, 2.05) is 26.0 Å². The minimum absolute atomic E-state index is 0.170. The van der Waals surface area contributed by atoms with Gasteiger partial charge in [0.05, 0.1) is 0 Å². The zero-order valence-corrected chi connectivity index (χ0v) is 10.6. The SMILES string of the molecule is CCC(CC)(C(=O)O)N1Cc2ccccc2C1=O. The molecule has 0 saturated heterocycles. The van der Waals surface area contributed by atoms with Gasteiger partial charge in [0.1, 0.15) is 5.54 Å². The van der Waals surface area contributed by atoms with Gasteiger partial charge in [-0.2, -0.15) is 0 Å². The van der Waals surface area contributed by atoms with Crippen LogP contribution in [0.25, 0.3) is 0 Å². The Kier molecular flexibility index (Phi) is 3.11. The molecule has 96 valence electrons. The fourth-order valence-corrected chi connectivity index (χ4v) is 2.65. The topological polar surface area (TPSA) is 57.6 Å². The Morgan fingerprint density at radius 3 is 2.44 bits per heavy atom. The summed E-state index contributed by atoms with van der Waals surface area (Å²) in [6, 6.07) is 7.32. The molecule has 4 nitrogen and oxygen atoms in total. The number of carbonyl (C=O) groups excluding carboxylic acids is 1. The largest absolute Gasteiger partial charge is 0.479 e. The fourth-order valence-electron chi connectivity index (χ4n) is 2.65. The summed E-state index contributed by atoms with van der Waals surface area (Å²) < 4.78 is 0. The van der Waals surface area contributed by atoms with Gasteiger partial charge in [-0.1, -0.05) is 32.0 Å². The quantitative estimate of drug-likeness (QED) is 0.888. The standard InChI is InChI=1S/C14H17NO3/c1-3-14(4-2,13(17)18)15-9-10-7-5-6-8-11(10)12(15)16/h5-8H,3-4,9H2,1-2H3,(H,17,18). The highest BCUT2D eigenvalue weighted by atomic mass is 16.4. The van der Waals surface area contributed by atoms with Crippen molar-refractivity contribution < 1.29 is 14.7 Å². The van der Waals surface area contributed by atoms with Crippen LogP contribution in [0.1, 0.15) is 42.6 Å². The number of carbonyl (C=O) groups is 2. The summed E-state index contributed by atoms with van der Waals surface area (Å²) in [7, 11) is 0. The van der Waals surface area contributed by atoms with Crippen LogP contribution in [0, 0.1) is 0 Å². The van der Waals surface area contributed by atoms with Crippen LogP contribution in [0.4, 0.5) is 0 Å². The lowest BCUT2D eigenvalue weighted by Crippen LogP contribution is -2.54. The number of rotatable bonds is 4. The third-order valence-electron chi connectivity index (χ3n) is 3.91. The van der Waals surface area contributed by atoms with Crippen molar-refractivity contribution in [3.8, 4) is 0 Å². The molecule has 0 aromatic heterocycles. The van der Waals surface area contributed by atoms with Gasteiger partial charge in [-0.3, -0.25) is 4.79 Å². The summed E-state index contributed by atoms with van der Waals surface area (Å²) in [6.07, 6.45) is 0.830. The van der Waals surface area contributed by atoms with E-state index in [9.17, 15) is 14.7 Å². The van der Waals surface area contributed by atoms with E-state index in [1.54, 1.807) is 12.1 Å². The Labute approximate surface area is 106 Å². The van der Waals surface area contributed by atoms with Crippen LogP contribution < -0.4 is 0 Å². The minimum atomic E-state index is -1.09. The van der Waals surface area contributed by atoms with Crippen molar-refractivity contribution in [2.24, 2.45) is 0 Å². The molecule has 4 heteroatoms. The van der Waals surface area contributed by atoms with E-state index in [1.165, 1.54) is 4.90 Å². The van der Waals surface area contributed by atoms with Gasteiger partial charge in [-0.25, -0.2) is 4.79 Å². The monoisotopic (exact) mass is 247 g/mol. The van der Waals surface area contributed by atoms with Gasteiger partial charge in [-0.15, -0.1) is 0 Å². The second kappa shape index (κ2) is 4.44. The van der Waals surface area contributed by atoms with Gasteiger partial charge in [0.25, 0.3) is 5.91 Å². The Bertz CT molecular complexity index is 492. The van der Waals surface area contributed by atoms with Crippen molar-refractivity contribution in [2.45, 2.75) is 38.8 Å². The molecule has 1 aliphatic rings. The van der Waals surface area contributed by atoms with Crippen LogP contribution in [0.2, 0.25) is 0 Å². The Balaban J connectivity index is 2.43. The van der Waals surface area contributed by atoms with Gasteiger partial charge in [0, 0.05) is 12.1 Å². The van der Waals surface area contributed by atoms with E-state index in [0.717, 1.165) is 5.56 Å². The third-order valence-corrected chi connectivity index (χ3v) is 3.91. The summed E-state index contributed by atoms with van der Waals surface area (Å²) in [6.45, 7) is 4.02. The lowest BCUT2D eigenvalue weighted by Gasteiger charge is -2.36. The first-order valence-corrected chi connectivity index (χ1v) is 6.20. The van der Waals surface area contributed by atoms with Gasteiger partial charge in [0.15, 0.2) is 0 Å². The smallest absolute Gasteiger partial charge is 0.329 e. The van der Waals surface area contributed by atoms with Crippen molar-refractivity contribution in [1.29, 1.82) is 0 Å².